The van der Waals surface area contributed by atoms with Gasteiger partial charge in [-0.1, -0.05) is 6.07 Å². The molecule has 2 saturated heterocycles. The van der Waals surface area contributed by atoms with Crippen molar-refractivity contribution in [3.8, 4) is 17.6 Å². The van der Waals surface area contributed by atoms with E-state index in [0.717, 1.165) is 0 Å². The number of hydrogen-bond donors (Lipinski definition) is 0. The maximum absolute atomic E-state index is 14.4. The van der Waals surface area contributed by atoms with Crippen LogP contribution in [0.1, 0.15) is 31.9 Å². The number of benzene rings is 1. The molecule has 2 amide bonds. The van der Waals surface area contributed by atoms with Gasteiger partial charge in [-0.3, -0.25) is 19.2 Å². The van der Waals surface area contributed by atoms with Crippen LogP contribution < -0.4 is 9.47 Å². The number of likely N-dealkylation sites (N-methyl/N-ethyl adjacent to an activating group) is 1. The van der Waals surface area contributed by atoms with E-state index in [-0.39, 0.29) is 26.4 Å². The van der Waals surface area contributed by atoms with Gasteiger partial charge in [-0.2, -0.15) is 5.26 Å². The zero-order valence-corrected chi connectivity index (χ0v) is 22.7. The van der Waals surface area contributed by atoms with Gasteiger partial charge in [-0.15, -0.1) is 0 Å². The molecule has 0 N–H and O–H groups in total. The van der Waals surface area contributed by atoms with Crippen LogP contribution in [0.5, 0.6) is 11.5 Å². The predicted octanol–water partition coefficient (Wildman–Crippen LogP) is 1.92. The summed E-state index contributed by atoms with van der Waals surface area (Å²) in [6.07, 6.45) is -0.114. The molecule has 0 bridgehead atoms. The number of hydrogen-bond acceptors (Lipinski definition) is 11. The Kier molecular flexibility index (Phi) is 7.24. The molecule has 13 heteroatoms. The van der Waals surface area contributed by atoms with Crippen molar-refractivity contribution in [3.05, 3.63) is 23.8 Å². The number of amides is 2. The largest absolute Gasteiger partial charge is 0.454 e. The maximum atomic E-state index is 14.4. The van der Waals surface area contributed by atoms with Crippen LogP contribution >= 0.6 is 23.5 Å². The summed E-state index contributed by atoms with van der Waals surface area (Å²) in [7, 11) is 4.13. The fourth-order valence-electron chi connectivity index (χ4n) is 5.10. The lowest BCUT2D eigenvalue weighted by molar-refractivity contribution is -0.163. The highest BCUT2D eigenvalue weighted by Crippen LogP contribution is 2.62. The zero-order chi connectivity index (χ0) is 27.2. The molecule has 0 unspecified atom stereocenters. The highest BCUT2D eigenvalue weighted by atomic mass is 32.2. The van der Waals surface area contributed by atoms with E-state index in [1.54, 1.807) is 25.1 Å². The second-order valence-electron chi connectivity index (χ2n) is 9.34. The summed E-state index contributed by atoms with van der Waals surface area (Å²) < 4.78 is 20.8. The SMILES string of the molecule is COCC(=O)S[C@@]1(C)C(=O)N2[C@@H](c3ccc4c(c3)OCO4)[C@@](C)(C#N)C[C@]2(SC(=O)COC)C(=O)N1C. The van der Waals surface area contributed by atoms with Crippen LogP contribution in [0, 0.1) is 16.7 Å². The number of nitrogens with zero attached hydrogens (tertiary/aromatic N) is 3. The van der Waals surface area contributed by atoms with Crippen molar-refractivity contribution >= 4 is 45.6 Å². The smallest absolute Gasteiger partial charge is 0.261 e. The molecule has 198 valence electrons. The summed E-state index contributed by atoms with van der Waals surface area (Å²) in [5.74, 6) is -0.184. The number of carbonyl (C=O) groups is 4. The minimum absolute atomic E-state index is 0.0343. The van der Waals surface area contributed by atoms with Gasteiger partial charge in [0.05, 0.1) is 17.5 Å². The molecular formula is C24H27N3O8S2. The first-order chi connectivity index (χ1) is 17.5. The molecule has 3 aliphatic heterocycles. The fraction of sp³-hybridized carbons (Fsp3) is 0.542. The molecule has 0 spiro atoms. The first kappa shape index (κ1) is 27.3. The first-order valence-corrected chi connectivity index (χ1v) is 12.9. The Hall–Kier alpha value is -2.79. The molecule has 0 radical (unpaired) electrons. The lowest BCUT2D eigenvalue weighted by Gasteiger charge is -2.52. The molecule has 3 aliphatic rings. The predicted molar refractivity (Wildman–Crippen MR) is 133 cm³/mol. The van der Waals surface area contributed by atoms with E-state index < -0.39 is 43.2 Å². The van der Waals surface area contributed by atoms with Gasteiger partial charge < -0.3 is 28.7 Å². The topological polar surface area (TPSA) is 135 Å². The Balaban J connectivity index is 1.91. The second-order valence-corrected chi connectivity index (χ2v) is 12.1. The summed E-state index contributed by atoms with van der Waals surface area (Å²) in [5, 5.41) is 9.45. The van der Waals surface area contributed by atoms with E-state index in [2.05, 4.69) is 6.07 Å². The molecule has 0 aliphatic carbocycles. The van der Waals surface area contributed by atoms with Crippen LogP contribution in [0.3, 0.4) is 0 Å². The van der Waals surface area contributed by atoms with Gasteiger partial charge in [0, 0.05) is 27.7 Å². The molecule has 2 fully saturated rings. The molecule has 11 nitrogen and oxygen atoms in total. The third-order valence-electron chi connectivity index (χ3n) is 6.84. The number of methoxy groups -OCH3 is 2. The normalized spacial score (nSPS) is 30.3. The number of rotatable bonds is 7. The van der Waals surface area contributed by atoms with E-state index in [1.807, 2.05) is 0 Å². The van der Waals surface area contributed by atoms with E-state index in [9.17, 15) is 24.4 Å². The fourth-order valence-corrected chi connectivity index (χ4v) is 7.56. The average molecular weight is 550 g/mol. The van der Waals surface area contributed by atoms with Crippen LogP contribution in [-0.2, 0) is 28.7 Å². The van der Waals surface area contributed by atoms with Crippen LogP contribution in [0.15, 0.2) is 18.2 Å². The van der Waals surface area contributed by atoms with Crippen molar-refractivity contribution in [2.24, 2.45) is 5.41 Å². The second kappa shape index (κ2) is 9.83. The number of ether oxygens (including phenoxy) is 4. The number of carbonyl (C=O) groups excluding carboxylic acids is 4. The number of thioether (sulfide) groups is 2. The number of piperazine rings is 1. The van der Waals surface area contributed by atoms with Crippen molar-refractivity contribution in [1.29, 1.82) is 5.26 Å². The number of nitriles is 1. The molecule has 3 heterocycles. The zero-order valence-electron chi connectivity index (χ0n) is 21.1. The average Bonchev–Trinajstić information content (AvgIpc) is 3.42. The van der Waals surface area contributed by atoms with Crippen molar-refractivity contribution in [1.82, 2.24) is 9.80 Å². The molecule has 37 heavy (non-hydrogen) atoms. The molecule has 1 aromatic carbocycles. The lowest BCUT2D eigenvalue weighted by Crippen LogP contribution is -2.71. The molecular weight excluding hydrogens is 522 g/mol. The van der Waals surface area contributed by atoms with Gasteiger partial charge in [0.15, 0.2) is 21.2 Å². The molecule has 0 saturated carbocycles. The van der Waals surface area contributed by atoms with Gasteiger partial charge in [0.2, 0.25) is 17.0 Å². The van der Waals surface area contributed by atoms with Gasteiger partial charge in [0.25, 0.3) is 11.8 Å². The Morgan fingerprint density at radius 2 is 1.70 bits per heavy atom. The van der Waals surface area contributed by atoms with Gasteiger partial charge in [-0.05, 0) is 55.1 Å². The van der Waals surface area contributed by atoms with E-state index in [4.69, 9.17) is 18.9 Å². The Morgan fingerprint density at radius 1 is 1.08 bits per heavy atom. The van der Waals surface area contributed by atoms with Crippen LogP contribution in [-0.4, -0.2) is 82.9 Å². The minimum Gasteiger partial charge on any atom is -0.454 e. The van der Waals surface area contributed by atoms with E-state index in [1.165, 1.54) is 38.0 Å². The highest BCUT2D eigenvalue weighted by Gasteiger charge is 2.71. The van der Waals surface area contributed by atoms with Gasteiger partial charge >= 0.3 is 0 Å². The van der Waals surface area contributed by atoms with Crippen LogP contribution in [0.25, 0.3) is 0 Å². The van der Waals surface area contributed by atoms with Crippen molar-refractivity contribution in [2.45, 2.75) is 36.1 Å². The quantitative estimate of drug-likeness (QED) is 0.493. The Morgan fingerprint density at radius 3 is 2.32 bits per heavy atom. The Bertz CT molecular complexity index is 1200. The molecule has 0 aromatic heterocycles. The van der Waals surface area contributed by atoms with Crippen molar-refractivity contribution in [3.63, 3.8) is 0 Å². The third kappa shape index (κ3) is 4.25. The maximum Gasteiger partial charge on any atom is 0.261 e. The van der Waals surface area contributed by atoms with E-state index >= 15 is 0 Å². The molecule has 4 atom stereocenters. The Labute approximate surface area is 222 Å². The van der Waals surface area contributed by atoms with Gasteiger partial charge in [0.1, 0.15) is 13.2 Å². The summed E-state index contributed by atoms with van der Waals surface area (Å²) in [6, 6.07) is 6.43. The molecule has 1 aromatic rings. The third-order valence-corrected chi connectivity index (χ3v) is 9.23. The lowest BCUT2D eigenvalue weighted by atomic mass is 9.79. The van der Waals surface area contributed by atoms with Crippen molar-refractivity contribution < 1.29 is 38.1 Å². The summed E-state index contributed by atoms with van der Waals surface area (Å²) in [5.41, 5.74) is -0.733. The monoisotopic (exact) mass is 549 g/mol. The van der Waals surface area contributed by atoms with Crippen LogP contribution in [0.2, 0.25) is 0 Å². The van der Waals surface area contributed by atoms with Crippen LogP contribution in [0.4, 0.5) is 0 Å². The summed E-state index contributed by atoms with van der Waals surface area (Å²) >= 11 is 1.35. The first-order valence-electron chi connectivity index (χ1n) is 11.3. The minimum atomic E-state index is -1.72. The van der Waals surface area contributed by atoms with E-state index in [0.29, 0.717) is 40.6 Å². The summed E-state index contributed by atoms with van der Waals surface area (Å²) in [6.45, 7) is 2.62. The standard InChI is InChI=1S/C24H27N3O8S2/c1-22(12-25)11-24(37-18(29)10-33-5)21(31)26(3)23(2,36-17(28)9-32-4)20(30)27(24)19(22)14-6-7-15-16(8-14)35-13-34-15/h6-8,19H,9-11,13H2,1-5H3/t19-,22+,23-,24-/m0/s1. The van der Waals surface area contributed by atoms with Gasteiger partial charge in [-0.25, -0.2) is 0 Å². The van der Waals surface area contributed by atoms with Crippen molar-refractivity contribution in [2.75, 3.05) is 41.3 Å². The number of fused-ring (bicyclic) bond motifs is 2. The highest BCUT2D eigenvalue weighted by molar-refractivity contribution is 8.16. The summed E-state index contributed by atoms with van der Waals surface area (Å²) in [4.78, 5) is 53.1. The molecule has 4 rings (SSSR count).